The molecule has 1 amide bonds. The predicted molar refractivity (Wildman–Crippen MR) is 135 cm³/mol. The number of ether oxygens (including phenoxy) is 2. The molecular weight excluding hydrogens is 442 g/mol. The van der Waals surface area contributed by atoms with Crippen LogP contribution < -0.4 is 5.32 Å². The Hall–Kier alpha value is -2.51. The number of carbonyl (C=O) groups is 2. The van der Waals surface area contributed by atoms with Crippen molar-refractivity contribution in [3.8, 4) is 0 Å². The number of nitrogens with one attached hydrogen (secondary N) is 1. The smallest absolute Gasteiger partial charge is 0.339 e. The van der Waals surface area contributed by atoms with E-state index in [1.165, 1.54) is 19.3 Å². The Labute approximate surface area is 207 Å². The van der Waals surface area contributed by atoms with Crippen LogP contribution in [0.15, 0.2) is 18.2 Å². The van der Waals surface area contributed by atoms with E-state index in [4.69, 9.17) is 14.5 Å². The van der Waals surface area contributed by atoms with Crippen LogP contribution in [0.2, 0.25) is 0 Å². The molecular formula is C28H37N3O4. The van der Waals surface area contributed by atoms with Gasteiger partial charge < -0.3 is 14.8 Å². The highest BCUT2D eigenvalue weighted by Gasteiger charge is 2.39. The Morgan fingerprint density at radius 1 is 1.09 bits per heavy atom. The fourth-order valence-electron chi connectivity index (χ4n) is 6.14. The quantitative estimate of drug-likeness (QED) is 0.636. The molecule has 1 aromatic carbocycles. The third-order valence-electron chi connectivity index (χ3n) is 8.04. The van der Waals surface area contributed by atoms with Crippen LogP contribution in [-0.2, 0) is 27.1 Å². The number of aryl methyl sites for hydroxylation is 2. The topological polar surface area (TPSA) is 80.8 Å². The molecule has 5 rings (SSSR count). The van der Waals surface area contributed by atoms with E-state index in [9.17, 15) is 9.59 Å². The molecule has 1 aliphatic heterocycles. The molecule has 0 spiro atoms. The second-order valence-electron chi connectivity index (χ2n) is 10.4. The van der Waals surface area contributed by atoms with Gasteiger partial charge in [-0.3, -0.25) is 14.7 Å². The molecule has 1 N–H and O–H groups in total. The molecule has 2 fully saturated rings. The Bertz CT molecular complexity index is 1090. The number of aromatic nitrogens is 1. The van der Waals surface area contributed by atoms with Crippen molar-refractivity contribution >= 4 is 22.8 Å². The number of amides is 1. The summed E-state index contributed by atoms with van der Waals surface area (Å²) >= 11 is 0. The molecule has 7 nitrogen and oxygen atoms in total. The highest BCUT2D eigenvalue weighted by Crippen LogP contribution is 2.34. The van der Waals surface area contributed by atoms with Gasteiger partial charge in [-0.1, -0.05) is 30.9 Å². The van der Waals surface area contributed by atoms with Crippen LogP contribution in [0.25, 0.3) is 10.9 Å². The van der Waals surface area contributed by atoms with Crippen molar-refractivity contribution in [3.63, 3.8) is 0 Å². The van der Waals surface area contributed by atoms with Gasteiger partial charge in [-0.05, 0) is 63.1 Å². The van der Waals surface area contributed by atoms with Gasteiger partial charge in [0.15, 0.2) is 6.61 Å². The third-order valence-corrected chi connectivity index (χ3v) is 8.04. The normalized spacial score (nSPS) is 20.3. The summed E-state index contributed by atoms with van der Waals surface area (Å²) in [7, 11) is 0. The van der Waals surface area contributed by atoms with E-state index in [0.717, 1.165) is 92.6 Å². The summed E-state index contributed by atoms with van der Waals surface area (Å²) in [5.74, 6) is -0.656. The summed E-state index contributed by atoms with van der Waals surface area (Å²) < 4.78 is 11.2. The molecule has 7 heteroatoms. The first-order valence-electron chi connectivity index (χ1n) is 13.2. The maximum atomic E-state index is 13.3. The van der Waals surface area contributed by atoms with Crippen LogP contribution in [0.5, 0.6) is 0 Å². The minimum atomic E-state index is -0.420. The van der Waals surface area contributed by atoms with Crippen molar-refractivity contribution in [3.05, 3.63) is 40.6 Å². The lowest BCUT2D eigenvalue weighted by Gasteiger charge is -2.48. The van der Waals surface area contributed by atoms with Gasteiger partial charge in [0.2, 0.25) is 0 Å². The van der Waals surface area contributed by atoms with Crippen molar-refractivity contribution in [1.82, 2.24) is 15.2 Å². The van der Waals surface area contributed by atoms with Crippen LogP contribution in [0.3, 0.4) is 0 Å². The van der Waals surface area contributed by atoms with E-state index >= 15 is 0 Å². The fraction of sp³-hybridized carbons (Fsp3) is 0.607. The van der Waals surface area contributed by atoms with Gasteiger partial charge in [0.05, 0.1) is 24.3 Å². The molecule has 0 unspecified atom stereocenters. The highest BCUT2D eigenvalue weighted by atomic mass is 16.5. The monoisotopic (exact) mass is 479 g/mol. The van der Waals surface area contributed by atoms with Crippen LogP contribution in [0.1, 0.15) is 72.1 Å². The zero-order chi connectivity index (χ0) is 24.3. The number of rotatable bonds is 6. The fourth-order valence-corrected chi connectivity index (χ4v) is 6.14. The van der Waals surface area contributed by atoms with Gasteiger partial charge in [0.25, 0.3) is 5.91 Å². The summed E-state index contributed by atoms with van der Waals surface area (Å²) in [6.07, 6.45) is 9.61. The summed E-state index contributed by atoms with van der Waals surface area (Å²) in [6.45, 7) is 5.65. The van der Waals surface area contributed by atoms with E-state index in [1.54, 1.807) is 0 Å². The molecule has 188 valence electrons. The van der Waals surface area contributed by atoms with Crippen molar-refractivity contribution < 1.29 is 19.1 Å². The molecule has 0 radical (unpaired) electrons. The standard InChI is InChI=1S/C28H37N3O4/c1-20-9-10-24-22(17-20)26(21-7-3-4-8-23(21)30-24)27(33)35-18-25(32)29-19-28(11-5-2-6-12-28)31-13-15-34-16-14-31/h9-10,17H,2-8,11-16,18-19H2,1H3,(H,29,32). The number of nitrogens with zero attached hydrogens (tertiary/aromatic N) is 2. The van der Waals surface area contributed by atoms with Crippen molar-refractivity contribution in [2.75, 3.05) is 39.5 Å². The first-order valence-corrected chi connectivity index (χ1v) is 13.2. The van der Waals surface area contributed by atoms with Crippen LogP contribution in [0, 0.1) is 6.92 Å². The average Bonchev–Trinajstić information content (AvgIpc) is 2.90. The molecule has 2 heterocycles. The summed E-state index contributed by atoms with van der Waals surface area (Å²) in [5.41, 5.74) is 4.46. The van der Waals surface area contributed by atoms with E-state index in [0.29, 0.717) is 12.1 Å². The Morgan fingerprint density at radius 3 is 2.66 bits per heavy atom. The lowest BCUT2D eigenvalue weighted by molar-refractivity contribution is -0.125. The Kier molecular flexibility index (Phi) is 7.35. The number of hydrogen-bond donors (Lipinski definition) is 1. The molecule has 1 aromatic heterocycles. The molecule has 2 aliphatic carbocycles. The van der Waals surface area contributed by atoms with E-state index in [1.807, 2.05) is 25.1 Å². The van der Waals surface area contributed by atoms with Gasteiger partial charge >= 0.3 is 5.97 Å². The first kappa shape index (κ1) is 24.2. The molecule has 1 saturated heterocycles. The highest BCUT2D eigenvalue weighted by molar-refractivity contribution is 6.05. The summed E-state index contributed by atoms with van der Waals surface area (Å²) in [4.78, 5) is 33.4. The molecule has 35 heavy (non-hydrogen) atoms. The van der Waals surface area contributed by atoms with Gasteiger partial charge in [0.1, 0.15) is 0 Å². The van der Waals surface area contributed by atoms with E-state index < -0.39 is 5.97 Å². The minimum Gasteiger partial charge on any atom is -0.452 e. The summed E-state index contributed by atoms with van der Waals surface area (Å²) in [5, 5.41) is 3.92. The average molecular weight is 480 g/mol. The zero-order valence-corrected chi connectivity index (χ0v) is 20.9. The van der Waals surface area contributed by atoms with Crippen LogP contribution in [0.4, 0.5) is 0 Å². The third kappa shape index (κ3) is 5.21. The van der Waals surface area contributed by atoms with Gasteiger partial charge in [-0.15, -0.1) is 0 Å². The molecule has 2 aromatic rings. The lowest BCUT2D eigenvalue weighted by Crippen LogP contribution is -2.59. The second kappa shape index (κ2) is 10.6. The van der Waals surface area contributed by atoms with Crippen molar-refractivity contribution in [2.45, 2.75) is 70.3 Å². The number of benzene rings is 1. The molecule has 0 bridgehead atoms. The summed E-state index contributed by atoms with van der Waals surface area (Å²) in [6, 6.07) is 5.99. The maximum absolute atomic E-state index is 13.3. The number of carbonyl (C=O) groups excluding carboxylic acids is 2. The second-order valence-corrected chi connectivity index (χ2v) is 10.4. The number of hydrogen-bond acceptors (Lipinski definition) is 6. The van der Waals surface area contributed by atoms with Crippen molar-refractivity contribution in [2.24, 2.45) is 0 Å². The molecule has 1 saturated carbocycles. The first-order chi connectivity index (χ1) is 17.1. The molecule has 3 aliphatic rings. The van der Waals surface area contributed by atoms with Gasteiger partial charge in [-0.2, -0.15) is 0 Å². The van der Waals surface area contributed by atoms with E-state index in [2.05, 4.69) is 10.2 Å². The SMILES string of the molecule is Cc1ccc2nc3c(c(C(=O)OCC(=O)NCC4(N5CCOCC5)CCCCC4)c2c1)CCCC3. The van der Waals surface area contributed by atoms with Crippen LogP contribution in [-0.4, -0.2) is 66.8 Å². The predicted octanol–water partition coefficient (Wildman–Crippen LogP) is 3.73. The number of morpholine rings is 1. The zero-order valence-electron chi connectivity index (χ0n) is 20.9. The van der Waals surface area contributed by atoms with Crippen molar-refractivity contribution in [1.29, 1.82) is 0 Å². The number of pyridine rings is 1. The number of fused-ring (bicyclic) bond motifs is 2. The Balaban J connectivity index is 1.27. The minimum absolute atomic E-state index is 0.0143. The van der Waals surface area contributed by atoms with E-state index in [-0.39, 0.29) is 18.1 Å². The maximum Gasteiger partial charge on any atom is 0.339 e. The van der Waals surface area contributed by atoms with Gasteiger partial charge in [-0.25, -0.2) is 4.79 Å². The van der Waals surface area contributed by atoms with Crippen LogP contribution >= 0.6 is 0 Å². The Morgan fingerprint density at radius 2 is 1.86 bits per heavy atom. The largest absolute Gasteiger partial charge is 0.452 e. The number of esters is 1. The van der Waals surface area contributed by atoms with Gasteiger partial charge in [0, 0.05) is 36.3 Å². The molecule has 0 atom stereocenters. The lowest BCUT2D eigenvalue weighted by atomic mass is 9.79.